The Labute approximate surface area is 82.3 Å². The van der Waals surface area contributed by atoms with E-state index in [4.69, 9.17) is 4.74 Å². The van der Waals surface area contributed by atoms with Crippen LogP contribution < -0.4 is 8.97 Å². The van der Waals surface area contributed by atoms with Crippen LogP contribution in [0.3, 0.4) is 0 Å². The second kappa shape index (κ2) is 3.16. The van der Waals surface area contributed by atoms with Crippen molar-refractivity contribution in [3.05, 3.63) is 23.3 Å². The Balaban J connectivity index is 2.49. The number of methoxy groups -OCH3 is 1. The van der Waals surface area contributed by atoms with Crippen LogP contribution in [0.5, 0.6) is 5.75 Å². The second-order valence-electron chi connectivity index (χ2n) is 3.44. The molecule has 1 nitrogen and oxygen atoms in total. The summed E-state index contributed by atoms with van der Waals surface area (Å²) in [6, 6.07) is 4.46. The van der Waals surface area contributed by atoms with Crippen molar-refractivity contribution >= 4 is 22.0 Å². The van der Waals surface area contributed by atoms with Crippen LogP contribution in [-0.4, -0.2) is 24.8 Å². The van der Waals surface area contributed by atoms with Gasteiger partial charge in [0.15, 0.2) is 0 Å². The third kappa shape index (κ3) is 1.28. The Bertz CT molecular complexity index is 306. The van der Waals surface area contributed by atoms with Crippen LogP contribution in [0, 0.1) is 0 Å². The standard InChI is InChI=1S/C10H11O.Li/c1-11-10-6-5-8-3-2-4-9(8)7-10;/h5,7H,2-4H2,1H3;. The van der Waals surface area contributed by atoms with Gasteiger partial charge >= 0.3 is 82.1 Å². The van der Waals surface area contributed by atoms with E-state index in [0.717, 1.165) is 5.75 Å². The fourth-order valence-corrected chi connectivity index (χ4v) is 1.94. The molecule has 0 atom stereocenters. The van der Waals surface area contributed by atoms with Crippen molar-refractivity contribution in [1.29, 1.82) is 0 Å². The van der Waals surface area contributed by atoms with Crippen LogP contribution in [0.15, 0.2) is 12.1 Å². The van der Waals surface area contributed by atoms with E-state index >= 15 is 0 Å². The summed E-state index contributed by atoms with van der Waals surface area (Å²) < 4.78 is 6.53. The van der Waals surface area contributed by atoms with Crippen LogP contribution in [0.25, 0.3) is 0 Å². The van der Waals surface area contributed by atoms with Gasteiger partial charge in [0, 0.05) is 0 Å². The molecule has 1 aromatic carbocycles. The van der Waals surface area contributed by atoms with Crippen LogP contribution >= 0.6 is 0 Å². The number of hydrogen-bond donors (Lipinski definition) is 0. The minimum atomic E-state index is 1.04. The Morgan fingerprint density at radius 2 is 1.92 bits per heavy atom. The van der Waals surface area contributed by atoms with Crippen molar-refractivity contribution < 1.29 is 4.74 Å². The van der Waals surface area contributed by atoms with E-state index in [-0.39, 0.29) is 0 Å². The van der Waals surface area contributed by atoms with Gasteiger partial charge in [0.05, 0.1) is 0 Å². The monoisotopic (exact) mass is 154 g/mol. The first-order valence-corrected chi connectivity index (χ1v) is 4.47. The predicted molar refractivity (Wildman–Crippen MR) is 50.4 cm³/mol. The summed E-state index contributed by atoms with van der Waals surface area (Å²) in [5.74, 6) is 1.04. The van der Waals surface area contributed by atoms with E-state index < -0.39 is 0 Å². The van der Waals surface area contributed by atoms with Crippen molar-refractivity contribution in [2.75, 3.05) is 7.11 Å². The minimum absolute atomic E-state index is 1.04. The molecule has 2 heteroatoms. The molecular weight excluding hydrogens is 143 g/mol. The van der Waals surface area contributed by atoms with Crippen LogP contribution in [-0.2, 0) is 12.8 Å². The molecular formula is C10H11LiO. The first-order valence-electron chi connectivity index (χ1n) is 4.47. The molecule has 0 aliphatic heterocycles. The maximum atomic E-state index is 5.27. The van der Waals surface area contributed by atoms with Gasteiger partial charge in [-0.2, -0.15) is 0 Å². The Morgan fingerprint density at radius 3 is 2.58 bits per heavy atom. The molecule has 0 amide bonds. The summed E-state index contributed by atoms with van der Waals surface area (Å²) in [7, 11) is 1.74. The molecule has 2 rings (SSSR count). The maximum absolute atomic E-state index is 5.27. The van der Waals surface area contributed by atoms with Gasteiger partial charge < -0.3 is 0 Å². The molecule has 0 bridgehead atoms. The Kier molecular flexibility index (Phi) is 2.17. The van der Waals surface area contributed by atoms with E-state index in [0.29, 0.717) is 0 Å². The van der Waals surface area contributed by atoms with Gasteiger partial charge in [-0.1, -0.05) is 0 Å². The zero-order valence-electron chi connectivity index (χ0n) is 7.68. The normalized spacial score (nSPS) is 14.6. The Hall–Kier alpha value is -0.383. The number of hydrogen-bond acceptors (Lipinski definition) is 1. The summed E-state index contributed by atoms with van der Waals surface area (Å²) in [6.45, 7) is 0. The summed E-state index contributed by atoms with van der Waals surface area (Å²) in [5, 5.41) is 0. The molecule has 12 heavy (non-hydrogen) atoms. The first-order chi connectivity index (χ1) is 5.81. The fourth-order valence-electron chi connectivity index (χ4n) is 1.94. The summed E-state index contributed by atoms with van der Waals surface area (Å²) >= 11 is 2.11. The molecule has 1 aliphatic carbocycles. The molecule has 0 radical (unpaired) electrons. The number of fused-ring (bicyclic) bond motifs is 1. The zero-order valence-corrected chi connectivity index (χ0v) is 7.68. The molecule has 0 spiro atoms. The van der Waals surface area contributed by atoms with E-state index in [1.165, 1.54) is 34.6 Å². The van der Waals surface area contributed by atoms with Crippen molar-refractivity contribution in [2.24, 2.45) is 0 Å². The second-order valence-corrected chi connectivity index (χ2v) is 3.44. The van der Waals surface area contributed by atoms with Crippen LogP contribution in [0.1, 0.15) is 17.5 Å². The first kappa shape index (κ1) is 8.23. The molecule has 0 saturated carbocycles. The molecule has 1 aromatic rings. The summed E-state index contributed by atoms with van der Waals surface area (Å²) in [5.41, 5.74) is 3.01. The third-order valence-corrected chi connectivity index (χ3v) is 2.61. The molecule has 1 aliphatic rings. The number of rotatable bonds is 1. The summed E-state index contributed by atoms with van der Waals surface area (Å²) in [6.07, 6.45) is 3.79. The molecule has 0 N–H and O–H groups in total. The molecule has 0 aromatic heterocycles. The van der Waals surface area contributed by atoms with Gasteiger partial charge in [0.25, 0.3) is 0 Å². The van der Waals surface area contributed by atoms with Gasteiger partial charge in [0.2, 0.25) is 0 Å². The Morgan fingerprint density at radius 1 is 1.25 bits per heavy atom. The predicted octanol–water partition coefficient (Wildman–Crippen LogP) is 0.978. The number of benzene rings is 1. The van der Waals surface area contributed by atoms with E-state index in [2.05, 4.69) is 29.8 Å². The van der Waals surface area contributed by atoms with Crippen LogP contribution in [0.4, 0.5) is 0 Å². The van der Waals surface area contributed by atoms with Gasteiger partial charge in [0.1, 0.15) is 0 Å². The molecule has 0 unspecified atom stereocenters. The molecule has 0 heterocycles. The molecule has 0 fully saturated rings. The van der Waals surface area contributed by atoms with Crippen molar-refractivity contribution in [3.8, 4) is 5.75 Å². The summed E-state index contributed by atoms with van der Waals surface area (Å²) in [4.78, 5) is 0. The average Bonchev–Trinajstić information content (AvgIpc) is 2.49. The van der Waals surface area contributed by atoms with E-state index in [1.54, 1.807) is 7.11 Å². The zero-order chi connectivity index (χ0) is 8.55. The SMILES string of the molecule is [Li][c]1cc2c(cc1OC)CCC2. The number of aryl methyl sites for hydroxylation is 2. The average molecular weight is 154 g/mol. The van der Waals surface area contributed by atoms with Crippen molar-refractivity contribution in [2.45, 2.75) is 19.3 Å². The number of ether oxygens (including phenoxy) is 1. The topological polar surface area (TPSA) is 9.23 Å². The van der Waals surface area contributed by atoms with Crippen molar-refractivity contribution in [1.82, 2.24) is 0 Å². The fraction of sp³-hybridized carbons (Fsp3) is 0.400. The van der Waals surface area contributed by atoms with Gasteiger partial charge in [-0.15, -0.1) is 0 Å². The van der Waals surface area contributed by atoms with Crippen LogP contribution in [0.2, 0.25) is 0 Å². The molecule has 58 valence electrons. The van der Waals surface area contributed by atoms with Crippen molar-refractivity contribution in [3.63, 3.8) is 0 Å². The van der Waals surface area contributed by atoms with E-state index in [9.17, 15) is 0 Å². The molecule has 0 saturated heterocycles. The van der Waals surface area contributed by atoms with E-state index in [1.807, 2.05) is 0 Å². The van der Waals surface area contributed by atoms with Gasteiger partial charge in [-0.25, -0.2) is 0 Å². The van der Waals surface area contributed by atoms with Gasteiger partial charge in [-0.05, 0) is 0 Å². The third-order valence-electron chi connectivity index (χ3n) is 2.61. The quantitative estimate of drug-likeness (QED) is 0.548. The van der Waals surface area contributed by atoms with Gasteiger partial charge in [-0.3, -0.25) is 0 Å².